The van der Waals surface area contributed by atoms with Gasteiger partial charge >= 0.3 is 0 Å². The number of carbonyl (C=O) groups is 1. The molecule has 3 rings (SSSR count). The second-order valence-electron chi connectivity index (χ2n) is 4.57. The Labute approximate surface area is 146 Å². The molecule has 0 fully saturated rings. The van der Waals surface area contributed by atoms with Crippen molar-refractivity contribution >= 4 is 40.7 Å². The van der Waals surface area contributed by atoms with Crippen molar-refractivity contribution in [2.75, 3.05) is 5.75 Å². The molecule has 0 spiro atoms. The molecule has 23 heavy (non-hydrogen) atoms. The first-order chi connectivity index (χ1) is 11.1. The quantitative estimate of drug-likeness (QED) is 0.469. The molecule has 0 radical (unpaired) electrons. The van der Waals surface area contributed by atoms with Crippen LogP contribution in [0.25, 0.3) is 11.5 Å². The Kier molecular flexibility index (Phi) is 5.00. The minimum atomic E-state index is -0.0378. The molecular weight excluding hydrogens is 355 g/mol. The van der Waals surface area contributed by atoms with Crippen molar-refractivity contribution in [1.29, 1.82) is 0 Å². The maximum atomic E-state index is 12.1. The molecule has 116 valence electrons. The van der Waals surface area contributed by atoms with Gasteiger partial charge in [0.2, 0.25) is 5.89 Å². The minimum Gasteiger partial charge on any atom is -0.411 e. The van der Waals surface area contributed by atoms with Crippen molar-refractivity contribution in [1.82, 2.24) is 10.2 Å². The molecule has 0 aliphatic heterocycles. The van der Waals surface area contributed by atoms with Crippen molar-refractivity contribution in [3.05, 3.63) is 64.1 Å². The first kappa shape index (κ1) is 16.1. The maximum absolute atomic E-state index is 12.1. The third-order valence-corrected chi connectivity index (χ3v) is 4.40. The highest BCUT2D eigenvalue weighted by molar-refractivity contribution is 7.99. The van der Waals surface area contributed by atoms with E-state index in [-0.39, 0.29) is 11.5 Å². The number of rotatable bonds is 5. The van der Waals surface area contributed by atoms with E-state index in [9.17, 15) is 4.79 Å². The number of nitrogens with zero attached hydrogens (tertiary/aromatic N) is 2. The van der Waals surface area contributed by atoms with E-state index < -0.39 is 0 Å². The van der Waals surface area contributed by atoms with Crippen LogP contribution < -0.4 is 0 Å². The van der Waals surface area contributed by atoms with Crippen LogP contribution in [0.2, 0.25) is 10.0 Å². The maximum Gasteiger partial charge on any atom is 0.277 e. The van der Waals surface area contributed by atoms with Gasteiger partial charge in [0.1, 0.15) is 0 Å². The first-order valence-electron chi connectivity index (χ1n) is 6.63. The zero-order chi connectivity index (χ0) is 16.2. The van der Waals surface area contributed by atoms with Gasteiger partial charge in [0, 0.05) is 10.6 Å². The number of hydrogen-bond acceptors (Lipinski definition) is 5. The Balaban J connectivity index is 1.67. The lowest BCUT2D eigenvalue weighted by atomic mass is 10.1. The van der Waals surface area contributed by atoms with Gasteiger partial charge in [-0.3, -0.25) is 4.79 Å². The van der Waals surface area contributed by atoms with E-state index in [1.165, 1.54) is 11.8 Å². The fraction of sp³-hybridized carbons (Fsp3) is 0.0625. The Morgan fingerprint density at radius 2 is 1.78 bits per heavy atom. The van der Waals surface area contributed by atoms with Gasteiger partial charge in [-0.15, -0.1) is 10.2 Å². The van der Waals surface area contributed by atoms with Gasteiger partial charge in [0.15, 0.2) is 5.78 Å². The Morgan fingerprint density at radius 3 is 2.52 bits per heavy atom. The molecule has 0 bridgehead atoms. The zero-order valence-electron chi connectivity index (χ0n) is 11.7. The van der Waals surface area contributed by atoms with Crippen LogP contribution in [-0.4, -0.2) is 21.7 Å². The van der Waals surface area contributed by atoms with Crippen LogP contribution >= 0.6 is 35.0 Å². The van der Waals surface area contributed by atoms with Gasteiger partial charge in [-0.2, -0.15) is 0 Å². The van der Waals surface area contributed by atoms with Crippen molar-refractivity contribution in [2.24, 2.45) is 0 Å². The summed E-state index contributed by atoms with van der Waals surface area (Å²) in [6.07, 6.45) is 0. The molecule has 1 heterocycles. The highest BCUT2D eigenvalue weighted by Gasteiger charge is 2.14. The summed E-state index contributed by atoms with van der Waals surface area (Å²) < 4.78 is 5.54. The van der Waals surface area contributed by atoms with Crippen LogP contribution in [0.5, 0.6) is 0 Å². The highest BCUT2D eigenvalue weighted by atomic mass is 35.5. The van der Waals surface area contributed by atoms with Gasteiger partial charge in [0.25, 0.3) is 5.22 Å². The van der Waals surface area contributed by atoms with Gasteiger partial charge in [-0.1, -0.05) is 47.1 Å². The van der Waals surface area contributed by atoms with Crippen LogP contribution in [0.3, 0.4) is 0 Å². The van der Waals surface area contributed by atoms with Gasteiger partial charge < -0.3 is 4.42 Å². The van der Waals surface area contributed by atoms with E-state index in [2.05, 4.69) is 10.2 Å². The third-order valence-electron chi connectivity index (χ3n) is 3.00. The number of halogens is 2. The highest BCUT2D eigenvalue weighted by Crippen LogP contribution is 2.28. The standard InChI is InChI=1S/C16H10Cl2N2O2S/c17-11-7-5-10(6-8-11)14(21)9-23-16-20-19-15(22-16)12-3-1-2-4-13(12)18/h1-8H,9H2. The molecule has 0 amide bonds. The molecule has 0 aliphatic rings. The van der Waals surface area contributed by atoms with E-state index in [4.69, 9.17) is 27.6 Å². The second-order valence-corrected chi connectivity index (χ2v) is 6.34. The summed E-state index contributed by atoms with van der Waals surface area (Å²) in [5.41, 5.74) is 1.25. The number of hydrogen-bond donors (Lipinski definition) is 0. The van der Waals surface area contributed by atoms with Crippen molar-refractivity contribution in [3.63, 3.8) is 0 Å². The molecule has 7 heteroatoms. The summed E-state index contributed by atoms with van der Waals surface area (Å²) in [5, 5.41) is 9.33. The number of carbonyl (C=O) groups excluding carboxylic acids is 1. The number of benzene rings is 2. The molecule has 0 aliphatic carbocycles. The lowest BCUT2D eigenvalue weighted by Gasteiger charge is -1.99. The summed E-state index contributed by atoms with van der Waals surface area (Å²) in [7, 11) is 0. The van der Waals surface area contributed by atoms with Crippen molar-refractivity contribution < 1.29 is 9.21 Å². The molecule has 2 aromatic carbocycles. The predicted octanol–water partition coefficient (Wildman–Crippen LogP) is 5.02. The molecule has 3 aromatic rings. The van der Waals surface area contributed by atoms with E-state index >= 15 is 0 Å². The molecule has 0 atom stereocenters. The first-order valence-corrected chi connectivity index (χ1v) is 8.37. The van der Waals surface area contributed by atoms with Gasteiger partial charge in [-0.05, 0) is 36.4 Å². The summed E-state index contributed by atoms with van der Waals surface area (Å²) in [6, 6.07) is 13.9. The second kappa shape index (κ2) is 7.17. The van der Waals surface area contributed by atoms with E-state index in [0.29, 0.717) is 32.3 Å². The number of Topliss-reactive ketones (excluding diaryl/α,β-unsaturated/α-hetero) is 1. The number of thioether (sulfide) groups is 1. The van der Waals surface area contributed by atoms with Crippen LogP contribution in [0.4, 0.5) is 0 Å². The van der Waals surface area contributed by atoms with Crippen molar-refractivity contribution in [3.8, 4) is 11.5 Å². The average Bonchev–Trinajstić information content (AvgIpc) is 3.02. The molecule has 4 nitrogen and oxygen atoms in total. The Hall–Kier alpha value is -1.82. The Bertz CT molecular complexity index is 834. The molecule has 0 N–H and O–H groups in total. The fourth-order valence-corrected chi connectivity index (χ4v) is 2.86. The smallest absolute Gasteiger partial charge is 0.277 e. The minimum absolute atomic E-state index is 0.0378. The molecule has 1 aromatic heterocycles. The average molecular weight is 365 g/mol. The summed E-state index contributed by atoms with van der Waals surface area (Å²) >= 11 is 13.1. The van der Waals surface area contributed by atoms with Crippen molar-refractivity contribution in [2.45, 2.75) is 5.22 Å². The van der Waals surface area contributed by atoms with E-state index in [1.54, 1.807) is 36.4 Å². The zero-order valence-corrected chi connectivity index (χ0v) is 14.0. The molecule has 0 unspecified atom stereocenters. The summed E-state index contributed by atoms with van der Waals surface area (Å²) in [6.45, 7) is 0. The van der Waals surface area contributed by atoms with E-state index in [1.807, 2.05) is 12.1 Å². The molecule has 0 saturated heterocycles. The third kappa shape index (κ3) is 3.93. The van der Waals surface area contributed by atoms with Crippen LogP contribution in [0, 0.1) is 0 Å². The van der Waals surface area contributed by atoms with E-state index in [0.717, 1.165) is 0 Å². The SMILES string of the molecule is O=C(CSc1nnc(-c2ccccc2Cl)o1)c1ccc(Cl)cc1. The largest absolute Gasteiger partial charge is 0.411 e. The van der Waals surface area contributed by atoms with Crippen LogP contribution in [0.1, 0.15) is 10.4 Å². The Morgan fingerprint density at radius 1 is 1.04 bits per heavy atom. The summed E-state index contributed by atoms with van der Waals surface area (Å²) in [5.74, 6) is 0.493. The lowest BCUT2D eigenvalue weighted by molar-refractivity contribution is 0.102. The fourth-order valence-electron chi connectivity index (χ4n) is 1.86. The molecule has 0 saturated carbocycles. The predicted molar refractivity (Wildman–Crippen MR) is 91.3 cm³/mol. The molecular formula is C16H10Cl2N2O2S. The number of aromatic nitrogens is 2. The van der Waals surface area contributed by atoms with Crippen LogP contribution in [-0.2, 0) is 0 Å². The summed E-state index contributed by atoms with van der Waals surface area (Å²) in [4.78, 5) is 12.1. The monoisotopic (exact) mass is 364 g/mol. The topological polar surface area (TPSA) is 56.0 Å². The van der Waals surface area contributed by atoms with Crippen LogP contribution in [0.15, 0.2) is 58.2 Å². The normalized spacial score (nSPS) is 10.7. The number of ketones is 1. The van der Waals surface area contributed by atoms with Gasteiger partial charge in [0.05, 0.1) is 16.3 Å². The van der Waals surface area contributed by atoms with Gasteiger partial charge in [-0.25, -0.2) is 0 Å². The lowest BCUT2D eigenvalue weighted by Crippen LogP contribution is -2.01.